The predicted molar refractivity (Wildman–Crippen MR) is 63.8 cm³/mol. The van der Waals surface area contributed by atoms with E-state index in [1.165, 1.54) is 10.8 Å². The van der Waals surface area contributed by atoms with E-state index in [2.05, 4.69) is 5.32 Å². The van der Waals surface area contributed by atoms with Gasteiger partial charge in [0.15, 0.2) is 0 Å². The Morgan fingerprint density at radius 3 is 3.06 bits per heavy atom. The maximum Gasteiger partial charge on any atom is 0.270 e. The zero-order valence-electron chi connectivity index (χ0n) is 10.3. The van der Waals surface area contributed by atoms with Crippen LogP contribution in [0, 0.1) is 0 Å². The summed E-state index contributed by atoms with van der Waals surface area (Å²) in [6.45, 7) is 1.21. The largest absolute Gasteiger partial charge is 0.338 e. The van der Waals surface area contributed by atoms with E-state index in [0.29, 0.717) is 5.69 Å². The molecular weight excluding hydrogens is 240 g/mol. The number of amides is 1. The van der Waals surface area contributed by atoms with Gasteiger partial charge in [-0.05, 0) is 25.1 Å². The molecule has 18 heavy (non-hydrogen) atoms. The maximum absolute atomic E-state index is 12.4. The van der Waals surface area contributed by atoms with Gasteiger partial charge in [-0.15, -0.1) is 0 Å². The summed E-state index contributed by atoms with van der Waals surface area (Å²) in [5, 5.41) is 3.18. The molecule has 1 fully saturated rings. The van der Waals surface area contributed by atoms with Crippen LogP contribution in [0.1, 0.15) is 16.9 Å². The number of carbonyl (C=O) groups is 1. The van der Waals surface area contributed by atoms with Gasteiger partial charge in [0.25, 0.3) is 12.3 Å². The van der Waals surface area contributed by atoms with Gasteiger partial charge in [0.05, 0.1) is 6.54 Å². The first-order valence-electron chi connectivity index (χ1n) is 6.00. The Morgan fingerprint density at radius 2 is 2.44 bits per heavy atom. The van der Waals surface area contributed by atoms with Crippen LogP contribution in [-0.4, -0.2) is 48.0 Å². The van der Waals surface area contributed by atoms with Gasteiger partial charge >= 0.3 is 0 Å². The van der Waals surface area contributed by atoms with Crippen molar-refractivity contribution < 1.29 is 13.6 Å². The zero-order valence-corrected chi connectivity index (χ0v) is 10.3. The van der Waals surface area contributed by atoms with Crippen LogP contribution >= 0.6 is 0 Å². The molecule has 1 saturated heterocycles. The first kappa shape index (κ1) is 13.0. The highest BCUT2D eigenvalue weighted by Crippen LogP contribution is 2.13. The summed E-state index contributed by atoms with van der Waals surface area (Å²) in [6.07, 6.45) is -0.0415. The summed E-state index contributed by atoms with van der Waals surface area (Å²) >= 11 is 0. The van der Waals surface area contributed by atoms with E-state index >= 15 is 0 Å². The number of aromatic nitrogens is 1. The van der Waals surface area contributed by atoms with Gasteiger partial charge in [0.2, 0.25) is 0 Å². The number of hydrogen-bond acceptors (Lipinski definition) is 2. The van der Waals surface area contributed by atoms with Crippen LogP contribution in [0.25, 0.3) is 0 Å². The van der Waals surface area contributed by atoms with Gasteiger partial charge < -0.3 is 14.8 Å². The van der Waals surface area contributed by atoms with E-state index in [9.17, 15) is 13.6 Å². The lowest BCUT2D eigenvalue weighted by atomic mass is 10.2. The standard InChI is InChI=1S/C12H17F2N3O/c1-16(9-4-5-15-7-9)12(18)10-3-2-6-17(10)8-11(13)14/h2-3,6,9,11,15H,4-5,7-8H2,1H3. The minimum Gasteiger partial charge on any atom is -0.338 e. The molecule has 0 aliphatic carbocycles. The molecule has 0 saturated carbocycles. The Morgan fingerprint density at radius 1 is 1.67 bits per heavy atom. The fourth-order valence-corrected chi connectivity index (χ4v) is 2.23. The van der Waals surface area contributed by atoms with Crippen molar-refractivity contribution in [2.75, 3.05) is 20.1 Å². The zero-order chi connectivity index (χ0) is 13.1. The van der Waals surface area contributed by atoms with Crippen molar-refractivity contribution in [2.45, 2.75) is 25.4 Å². The fourth-order valence-electron chi connectivity index (χ4n) is 2.23. The minimum atomic E-state index is -2.46. The molecule has 1 atom stereocenters. The van der Waals surface area contributed by atoms with Crippen molar-refractivity contribution in [3.05, 3.63) is 24.0 Å². The van der Waals surface area contributed by atoms with Gasteiger partial charge in [-0.1, -0.05) is 0 Å². The van der Waals surface area contributed by atoms with E-state index < -0.39 is 13.0 Å². The molecule has 1 aliphatic rings. The van der Waals surface area contributed by atoms with Crippen LogP contribution in [0.2, 0.25) is 0 Å². The Kier molecular flexibility index (Phi) is 3.96. The third-order valence-corrected chi connectivity index (χ3v) is 3.29. The third kappa shape index (κ3) is 2.69. The molecule has 0 spiro atoms. The Bertz CT molecular complexity index is 413. The van der Waals surface area contributed by atoms with E-state index in [0.717, 1.165) is 19.5 Å². The predicted octanol–water partition coefficient (Wildman–Crippen LogP) is 1.19. The molecule has 1 amide bonds. The van der Waals surface area contributed by atoms with Gasteiger partial charge in [0, 0.05) is 25.8 Å². The normalized spacial score (nSPS) is 19.4. The van der Waals surface area contributed by atoms with E-state index in [1.807, 2.05) is 0 Å². The van der Waals surface area contributed by atoms with Gasteiger partial charge in [-0.2, -0.15) is 0 Å². The number of nitrogens with zero attached hydrogens (tertiary/aromatic N) is 2. The second-order valence-corrected chi connectivity index (χ2v) is 4.50. The number of likely N-dealkylation sites (N-methyl/N-ethyl adjacent to an activating group) is 1. The van der Waals surface area contributed by atoms with E-state index in [1.54, 1.807) is 24.1 Å². The number of alkyl halides is 2. The number of rotatable bonds is 4. The van der Waals surface area contributed by atoms with Crippen LogP contribution in [0.5, 0.6) is 0 Å². The highest BCUT2D eigenvalue weighted by atomic mass is 19.3. The molecule has 1 aromatic heterocycles. The van der Waals surface area contributed by atoms with Crippen LogP contribution in [-0.2, 0) is 6.54 Å². The van der Waals surface area contributed by atoms with Crippen LogP contribution in [0.15, 0.2) is 18.3 Å². The third-order valence-electron chi connectivity index (χ3n) is 3.29. The molecule has 100 valence electrons. The fraction of sp³-hybridized carbons (Fsp3) is 0.583. The van der Waals surface area contributed by atoms with Gasteiger partial charge in [-0.3, -0.25) is 4.79 Å². The van der Waals surface area contributed by atoms with Crippen LogP contribution < -0.4 is 5.32 Å². The molecule has 6 heteroatoms. The molecule has 1 unspecified atom stereocenters. The van der Waals surface area contributed by atoms with Crippen molar-refractivity contribution >= 4 is 5.91 Å². The quantitative estimate of drug-likeness (QED) is 0.879. The molecule has 2 rings (SSSR count). The van der Waals surface area contributed by atoms with E-state index in [-0.39, 0.29) is 11.9 Å². The Balaban J connectivity index is 2.10. The number of nitrogens with one attached hydrogen (secondary N) is 1. The summed E-state index contributed by atoms with van der Waals surface area (Å²) in [4.78, 5) is 13.9. The summed E-state index contributed by atoms with van der Waals surface area (Å²) in [6, 6.07) is 3.35. The van der Waals surface area contributed by atoms with Gasteiger partial charge in [-0.25, -0.2) is 8.78 Å². The average molecular weight is 257 g/mol. The Labute approximate surface area is 105 Å². The van der Waals surface area contributed by atoms with E-state index in [4.69, 9.17) is 0 Å². The SMILES string of the molecule is CN(C(=O)c1cccn1CC(F)F)C1CCNC1. The monoisotopic (exact) mass is 257 g/mol. The summed E-state index contributed by atoms with van der Waals surface area (Å²) in [5.74, 6) is -0.200. The number of hydrogen-bond donors (Lipinski definition) is 1. The smallest absolute Gasteiger partial charge is 0.270 e. The second-order valence-electron chi connectivity index (χ2n) is 4.50. The average Bonchev–Trinajstić information content (AvgIpc) is 2.96. The lowest BCUT2D eigenvalue weighted by Crippen LogP contribution is -2.39. The lowest BCUT2D eigenvalue weighted by Gasteiger charge is -2.24. The Hall–Kier alpha value is -1.43. The van der Waals surface area contributed by atoms with Crippen LogP contribution in [0.3, 0.4) is 0 Å². The molecule has 1 aromatic rings. The molecule has 0 bridgehead atoms. The van der Waals surface area contributed by atoms with Crippen molar-refractivity contribution in [3.8, 4) is 0 Å². The summed E-state index contributed by atoms with van der Waals surface area (Å²) in [7, 11) is 1.72. The van der Waals surface area contributed by atoms with Crippen LogP contribution in [0.4, 0.5) is 8.78 Å². The molecular formula is C12H17F2N3O. The van der Waals surface area contributed by atoms with Gasteiger partial charge in [0.1, 0.15) is 5.69 Å². The highest BCUT2D eigenvalue weighted by molar-refractivity contribution is 5.92. The molecule has 2 heterocycles. The molecule has 4 nitrogen and oxygen atoms in total. The van der Waals surface area contributed by atoms with Crippen molar-refractivity contribution in [2.24, 2.45) is 0 Å². The van der Waals surface area contributed by atoms with Crippen molar-refractivity contribution in [1.82, 2.24) is 14.8 Å². The first-order chi connectivity index (χ1) is 8.59. The lowest BCUT2D eigenvalue weighted by molar-refractivity contribution is 0.0723. The number of halogens is 2. The molecule has 1 aliphatic heterocycles. The maximum atomic E-state index is 12.4. The topological polar surface area (TPSA) is 37.3 Å². The molecule has 1 N–H and O–H groups in total. The summed E-state index contributed by atoms with van der Waals surface area (Å²) in [5.41, 5.74) is 0.324. The summed E-state index contributed by atoms with van der Waals surface area (Å²) < 4.78 is 26.1. The van der Waals surface area contributed by atoms with Crippen molar-refractivity contribution in [3.63, 3.8) is 0 Å². The first-order valence-corrected chi connectivity index (χ1v) is 6.00. The molecule has 0 radical (unpaired) electrons. The minimum absolute atomic E-state index is 0.146. The second kappa shape index (κ2) is 5.48. The number of carbonyl (C=O) groups excluding carboxylic acids is 1. The molecule has 0 aromatic carbocycles. The van der Waals surface area contributed by atoms with Crippen molar-refractivity contribution in [1.29, 1.82) is 0 Å². The highest BCUT2D eigenvalue weighted by Gasteiger charge is 2.25.